The molecule has 1 unspecified atom stereocenters. The molecule has 1 fully saturated rings. The molecule has 1 aromatic carbocycles. The molecule has 7 heteroatoms. The number of carbonyl (C=O) groups excluding carboxylic acids is 1. The number of nitro groups is 1. The number of carbonyl (C=O) groups is 1. The summed E-state index contributed by atoms with van der Waals surface area (Å²) in [5.74, 6) is 5.97. The first-order valence-electron chi connectivity index (χ1n) is 9.42. The molecule has 3 rings (SSSR count). The molecule has 0 saturated carbocycles. The average molecular weight is 372 g/mol. The summed E-state index contributed by atoms with van der Waals surface area (Å²) in [5.41, 5.74) is 1.67. The number of benzene rings is 1. The lowest BCUT2D eigenvalue weighted by Crippen LogP contribution is -2.28. The molecule has 144 valence electrons. The summed E-state index contributed by atoms with van der Waals surface area (Å²) in [6, 6.07) is 4.72. The van der Waals surface area contributed by atoms with Crippen LogP contribution >= 0.6 is 0 Å². The topological polar surface area (TPSA) is 81.9 Å². The first-order valence-corrected chi connectivity index (χ1v) is 9.42. The fraction of sp³-hybridized carbons (Fsp3) is 0.550. The number of unbranched alkanes of at least 4 members (excludes halogenated alkanes) is 1. The Morgan fingerprint density at radius 2 is 2.26 bits per heavy atom. The van der Waals surface area contributed by atoms with Crippen LogP contribution in [0.3, 0.4) is 0 Å². The highest BCUT2D eigenvalue weighted by molar-refractivity contribution is 5.95. The summed E-state index contributed by atoms with van der Waals surface area (Å²) in [4.78, 5) is 24.6. The molecule has 2 aliphatic heterocycles. The molecular formula is C20H24N2O5. The molecule has 7 nitrogen and oxygen atoms in total. The number of non-ortho nitro benzene ring substituents is 1. The van der Waals surface area contributed by atoms with Crippen molar-refractivity contribution in [3.8, 4) is 11.8 Å². The molecule has 1 atom stereocenters. The first-order chi connectivity index (χ1) is 13.1. The second-order valence-corrected chi connectivity index (χ2v) is 6.68. The van der Waals surface area contributed by atoms with Crippen LogP contribution in [-0.2, 0) is 20.7 Å². The smallest absolute Gasteiger partial charge is 0.271 e. The lowest BCUT2D eigenvalue weighted by atomic mass is 10.1. The van der Waals surface area contributed by atoms with Gasteiger partial charge >= 0.3 is 0 Å². The van der Waals surface area contributed by atoms with Crippen molar-refractivity contribution >= 4 is 17.3 Å². The number of ether oxygens (including phenoxy) is 2. The number of hydrogen-bond acceptors (Lipinski definition) is 5. The maximum atomic E-state index is 12.5. The lowest BCUT2D eigenvalue weighted by molar-refractivity contribution is -0.384. The van der Waals surface area contributed by atoms with E-state index in [0.717, 1.165) is 37.9 Å². The maximum Gasteiger partial charge on any atom is 0.271 e. The Kier molecular flexibility index (Phi) is 6.80. The Morgan fingerprint density at radius 3 is 3.04 bits per heavy atom. The van der Waals surface area contributed by atoms with Crippen LogP contribution in [0, 0.1) is 22.0 Å². The molecule has 2 aliphatic rings. The van der Waals surface area contributed by atoms with E-state index >= 15 is 0 Å². The number of nitrogens with zero attached hydrogens (tertiary/aromatic N) is 2. The van der Waals surface area contributed by atoms with Crippen LogP contribution in [0.15, 0.2) is 18.2 Å². The highest BCUT2D eigenvalue weighted by atomic mass is 16.7. The predicted octanol–water partition coefficient (Wildman–Crippen LogP) is 3.20. The van der Waals surface area contributed by atoms with E-state index in [-0.39, 0.29) is 17.9 Å². The molecule has 0 aliphatic carbocycles. The minimum atomic E-state index is -0.433. The largest absolute Gasteiger partial charge is 0.353 e. The number of rotatable bonds is 6. The van der Waals surface area contributed by atoms with Crippen molar-refractivity contribution in [3.05, 3.63) is 33.9 Å². The van der Waals surface area contributed by atoms with Crippen molar-refractivity contribution in [1.29, 1.82) is 0 Å². The molecule has 0 spiro atoms. The van der Waals surface area contributed by atoms with Gasteiger partial charge in [-0.3, -0.25) is 14.9 Å². The van der Waals surface area contributed by atoms with Crippen LogP contribution in [0.5, 0.6) is 0 Å². The lowest BCUT2D eigenvalue weighted by Gasteiger charge is -2.21. The number of nitro benzene ring substituents is 1. The van der Waals surface area contributed by atoms with Gasteiger partial charge in [-0.2, -0.15) is 0 Å². The van der Waals surface area contributed by atoms with E-state index in [1.165, 1.54) is 12.1 Å². The third-order valence-electron chi connectivity index (χ3n) is 4.77. The van der Waals surface area contributed by atoms with Crippen LogP contribution in [0.4, 0.5) is 11.4 Å². The fourth-order valence-corrected chi connectivity index (χ4v) is 3.32. The number of amides is 1. The summed E-state index contributed by atoms with van der Waals surface area (Å²) in [6.07, 6.45) is 5.41. The molecule has 27 heavy (non-hydrogen) atoms. The maximum absolute atomic E-state index is 12.5. The van der Waals surface area contributed by atoms with Crippen molar-refractivity contribution in [2.75, 3.05) is 24.7 Å². The highest BCUT2D eigenvalue weighted by Crippen LogP contribution is 2.32. The normalized spacial score (nSPS) is 18.5. The van der Waals surface area contributed by atoms with E-state index in [0.29, 0.717) is 38.1 Å². The average Bonchev–Trinajstić information content (AvgIpc) is 3.11. The van der Waals surface area contributed by atoms with Crippen LogP contribution in [0.25, 0.3) is 0 Å². The van der Waals surface area contributed by atoms with Crippen LogP contribution in [-0.4, -0.2) is 36.9 Å². The number of anilines is 1. The summed E-state index contributed by atoms with van der Waals surface area (Å²) in [7, 11) is 0. The van der Waals surface area contributed by atoms with Crippen LogP contribution < -0.4 is 4.90 Å². The van der Waals surface area contributed by atoms with Gasteiger partial charge < -0.3 is 14.4 Å². The van der Waals surface area contributed by atoms with E-state index < -0.39 is 4.92 Å². The summed E-state index contributed by atoms with van der Waals surface area (Å²) < 4.78 is 11.0. The summed E-state index contributed by atoms with van der Waals surface area (Å²) in [6.45, 7) is 1.68. The molecule has 0 bridgehead atoms. The van der Waals surface area contributed by atoms with Gasteiger partial charge in [-0.25, -0.2) is 0 Å². The van der Waals surface area contributed by atoms with Gasteiger partial charge in [0.05, 0.1) is 10.6 Å². The van der Waals surface area contributed by atoms with Gasteiger partial charge in [0.1, 0.15) is 6.61 Å². The van der Waals surface area contributed by atoms with Crippen LogP contribution in [0.1, 0.15) is 44.1 Å². The summed E-state index contributed by atoms with van der Waals surface area (Å²) in [5, 5.41) is 10.9. The van der Waals surface area contributed by atoms with Crippen molar-refractivity contribution in [3.63, 3.8) is 0 Å². The minimum absolute atomic E-state index is 0.0112. The zero-order valence-electron chi connectivity index (χ0n) is 15.3. The van der Waals surface area contributed by atoms with Gasteiger partial charge in [-0.05, 0) is 37.7 Å². The number of fused-ring (bicyclic) bond motifs is 1. The Balaban J connectivity index is 1.40. The Bertz CT molecular complexity index is 746. The van der Waals surface area contributed by atoms with Gasteiger partial charge in [-0.15, -0.1) is 5.92 Å². The molecule has 1 aromatic rings. The van der Waals surface area contributed by atoms with Gasteiger partial charge in [0.2, 0.25) is 5.91 Å². The first kappa shape index (κ1) is 19.3. The fourth-order valence-electron chi connectivity index (χ4n) is 3.32. The predicted molar refractivity (Wildman–Crippen MR) is 100 cm³/mol. The van der Waals surface area contributed by atoms with Gasteiger partial charge in [0, 0.05) is 38.1 Å². The second kappa shape index (κ2) is 9.49. The van der Waals surface area contributed by atoms with E-state index in [1.54, 1.807) is 11.0 Å². The van der Waals surface area contributed by atoms with Gasteiger partial charge in [-0.1, -0.05) is 12.0 Å². The van der Waals surface area contributed by atoms with E-state index in [2.05, 4.69) is 11.8 Å². The zero-order valence-corrected chi connectivity index (χ0v) is 15.3. The quantitative estimate of drug-likeness (QED) is 0.331. The van der Waals surface area contributed by atoms with Gasteiger partial charge in [0.25, 0.3) is 5.69 Å². The second-order valence-electron chi connectivity index (χ2n) is 6.68. The molecule has 2 heterocycles. The number of hydrogen-bond donors (Lipinski definition) is 0. The van der Waals surface area contributed by atoms with Crippen LogP contribution in [0.2, 0.25) is 0 Å². The molecule has 1 saturated heterocycles. The third-order valence-corrected chi connectivity index (χ3v) is 4.77. The van der Waals surface area contributed by atoms with Crippen molar-refractivity contribution in [1.82, 2.24) is 0 Å². The monoisotopic (exact) mass is 372 g/mol. The molecule has 0 aromatic heterocycles. The van der Waals surface area contributed by atoms with Crippen molar-refractivity contribution in [2.45, 2.75) is 51.2 Å². The molecule has 0 N–H and O–H groups in total. The van der Waals surface area contributed by atoms with Crippen molar-refractivity contribution in [2.24, 2.45) is 0 Å². The van der Waals surface area contributed by atoms with E-state index in [1.807, 2.05) is 0 Å². The third kappa shape index (κ3) is 5.28. The van der Waals surface area contributed by atoms with Crippen molar-refractivity contribution < 1.29 is 19.2 Å². The zero-order chi connectivity index (χ0) is 19.1. The standard InChI is InChI=1S/C20H24N2O5/c23-19(7-3-1-2-5-13-26-20-8-4-6-14-27-20)21-12-11-16-9-10-17(22(24)25)15-18(16)21/h9-10,15,20H,1,3-4,6-8,11-14H2. The van der Waals surface area contributed by atoms with E-state index in [9.17, 15) is 14.9 Å². The minimum Gasteiger partial charge on any atom is -0.353 e. The highest BCUT2D eigenvalue weighted by Gasteiger charge is 2.26. The molecule has 1 amide bonds. The Morgan fingerprint density at radius 1 is 1.37 bits per heavy atom. The molecule has 0 radical (unpaired) electrons. The molecular weight excluding hydrogens is 348 g/mol. The van der Waals surface area contributed by atoms with Gasteiger partial charge in [0.15, 0.2) is 6.29 Å². The summed E-state index contributed by atoms with van der Waals surface area (Å²) >= 11 is 0. The Hall–Kier alpha value is -2.43. The Labute approximate surface area is 158 Å². The SMILES string of the molecule is O=C(CCCC#CCOC1CCCCO1)N1CCc2ccc([N+](=O)[O-])cc21. The van der Waals surface area contributed by atoms with E-state index in [4.69, 9.17) is 9.47 Å².